The minimum atomic E-state index is -3.64. The van der Waals surface area contributed by atoms with Crippen molar-refractivity contribution in [2.45, 2.75) is 17.4 Å². The Morgan fingerprint density at radius 1 is 1.00 bits per heavy atom. The molecule has 1 aromatic heterocycles. The van der Waals surface area contributed by atoms with E-state index in [1.807, 2.05) is 30.3 Å². The van der Waals surface area contributed by atoms with Gasteiger partial charge in [-0.05, 0) is 40.3 Å². The predicted octanol–water partition coefficient (Wildman–Crippen LogP) is 1.64. The second kappa shape index (κ2) is 9.13. The number of benzene rings is 2. The van der Waals surface area contributed by atoms with Gasteiger partial charge in [0.1, 0.15) is 12.4 Å². The van der Waals surface area contributed by atoms with E-state index in [0.717, 1.165) is 5.56 Å². The van der Waals surface area contributed by atoms with E-state index < -0.39 is 16.1 Å². The summed E-state index contributed by atoms with van der Waals surface area (Å²) >= 11 is 5.86. The summed E-state index contributed by atoms with van der Waals surface area (Å²) in [7, 11) is -3.64. The molecule has 0 aliphatic carbocycles. The molecule has 0 N–H and O–H groups in total. The lowest BCUT2D eigenvalue weighted by Gasteiger charge is -2.35. The number of sulfonamides is 1. The number of rotatable bonds is 6. The molecule has 162 valence electrons. The van der Waals surface area contributed by atoms with Crippen molar-refractivity contribution in [3.8, 4) is 0 Å². The van der Waals surface area contributed by atoms with Crippen molar-refractivity contribution in [2.24, 2.45) is 0 Å². The van der Waals surface area contributed by atoms with Crippen LogP contribution in [-0.2, 0) is 21.2 Å². The molecule has 2 heterocycles. The number of hydrogen-bond acceptors (Lipinski definition) is 6. The summed E-state index contributed by atoms with van der Waals surface area (Å²) in [5, 5.41) is 11.7. The first-order valence-electron chi connectivity index (χ1n) is 9.76. The molecule has 9 nitrogen and oxygen atoms in total. The van der Waals surface area contributed by atoms with Crippen LogP contribution in [0.1, 0.15) is 11.6 Å². The summed E-state index contributed by atoms with van der Waals surface area (Å²) in [6.45, 7) is 1.01. The van der Waals surface area contributed by atoms with Crippen molar-refractivity contribution < 1.29 is 13.2 Å². The summed E-state index contributed by atoms with van der Waals surface area (Å²) in [5.41, 5.74) is 0.986. The van der Waals surface area contributed by atoms with E-state index in [0.29, 0.717) is 24.5 Å². The molecular weight excluding hydrogens is 440 g/mol. The fourth-order valence-corrected chi connectivity index (χ4v) is 5.11. The van der Waals surface area contributed by atoms with Gasteiger partial charge in [0.05, 0.1) is 4.90 Å². The van der Waals surface area contributed by atoms with E-state index in [2.05, 4.69) is 15.5 Å². The fourth-order valence-electron chi connectivity index (χ4n) is 3.56. The standard InChI is InChI=1S/C20H21ClN6O3S/c21-17-6-8-18(9-7-17)31(29,30)26-12-10-25(11-13-26)20(28)19(27-15-22-23-24-27)14-16-4-2-1-3-5-16/h1-9,15,19H,10-14H2. The third-order valence-electron chi connectivity index (χ3n) is 5.24. The monoisotopic (exact) mass is 460 g/mol. The van der Waals surface area contributed by atoms with E-state index >= 15 is 0 Å². The largest absolute Gasteiger partial charge is 0.338 e. The molecule has 0 bridgehead atoms. The highest BCUT2D eigenvalue weighted by Crippen LogP contribution is 2.22. The first-order valence-corrected chi connectivity index (χ1v) is 11.6. The molecule has 1 amide bonds. The van der Waals surface area contributed by atoms with Crippen molar-refractivity contribution >= 4 is 27.5 Å². The van der Waals surface area contributed by atoms with Gasteiger partial charge in [0.15, 0.2) is 0 Å². The van der Waals surface area contributed by atoms with Crippen LogP contribution in [0.5, 0.6) is 0 Å². The van der Waals surface area contributed by atoms with Crippen LogP contribution in [0.3, 0.4) is 0 Å². The Morgan fingerprint density at radius 3 is 2.29 bits per heavy atom. The molecule has 0 saturated carbocycles. The van der Waals surface area contributed by atoms with Gasteiger partial charge in [-0.3, -0.25) is 4.79 Å². The molecule has 1 unspecified atom stereocenters. The van der Waals surface area contributed by atoms with Crippen LogP contribution in [0, 0.1) is 0 Å². The molecule has 1 aliphatic heterocycles. The van der Waals surface area contributed by atoms with Crippen LogP contribution >= 0.6 is 11.6 Å². The van der Waals surface area contributed by atoms with Crippen LogP contribution in [-0.4, -0.2) is 69.9 Å². The van der Waals surface area contributed by atoms with Gasteiger partial charge < -0.3 is 4.90 Å². The zero-order valence-electron chi connectivity index (χ0n) is 16.6. The van der Waals surface area contributed by atoms with Crippen molar-refractivity contribution in [1.29, 1.82) is 0 Å². The molecule has 4 rings (SSSR count). The number of aromatic nitrogens is 4. The number of nitrogens with zero attached hydrogens (tertiary/aromatic N) is 6. The van der Waals surface area contributed by atoms with Gasteiger partial charge in [0, 0.05) is 37.6 Å². The Labute approximate surface area is 185 Å². The van der Waals surface area contributed by atoms with Crippen LogP contribution in [0.15, 0.2) is 65.8 Å². The van der Waals surface area contributed by atoms with Gasteiger partial charge in [-0.15, -0.1) is 5.10 Å². The highest BCUT2D eigenvalue weighted by Gasteiger charge is 2.33. The van der Waals surface area contributed by atoms with Gasteiger partial charge in [-0.25, -0.2) is 13.1 Å². The average molecular weight is 461 g/mol. The zero-order valence-corrected chi connectivity index (χ0v) is 18.2. The SMILES string of the molecule is O=C(C(Cc1ccccc1)n1cnnn1)N1CCN(S(=O)(=O)c2ccc(Cl)cc2)CC1. The third-order valence-corrected chi connectivity index (χ3v) is 7.41. The lowest BCUT2D eigenvalue weighted by atomic mass is 10.0. The second-order valence-electron chi connectivity index (χ2n) is 7.18. The van der Waals surface area contributed by atoms with E-state index in [-0.39, 0.29) is 23.9 Å². The number of hydrogen-bond donors (Lipinski definition) is 0. The molecule has 1 saturated heterocycles. The molecule has 2 aromatic carbocycles. The molecule has 3 aromatic rings. The second-order valence-corrected chi connectivity index (χ2v) is 9.55. The van der Waals surface area contributed by atoms with Crippen LogP contribution in [0.4, 0.5) is 0 Å². The number of amides is 1. The molecule has 1 atom stereocenters. The van der Waals surface area contributed by atoms with E-state index in [1.54, 1.807) is 17.0 Å². The van der Waals surface area contributed by atoms with E-state index in [9.17, 15) is 13.2 Å². The van der Waals surface area contributed by atoms with Gasteiger partial charge in [-0.2, -0.15) is 4.31 Å². The van der Waals surface area contributed by atoms with Crippen molar-refractivity contribution in [2.75, 3.05) is 26.2 Å². The number of halogens is 1. The van der Waals surface area contributed by atoms with Crippen molar-refractivity contribution in [1.82, 2.24) is 29.4 Å². The first-order chi connectivity index (χ1) is 14.9. The van der Waals surface area contributed by atoms with Gasteiger partial charge >= 0.3 is 0 Å². The maximum absolute atomic E-state index is 13.3. The molecule has 0 radical (unpaired) electrons. The summed E-state index contributed by atoms with van der Waals surface area (Å²) in [4.78, 5) is 15.1. The minimum absolute atomic E-state index is 0.139. The Bertz CT molecular complexity index is 1120. The number of piperazine rings is 1. The number of carbonyl (C=O) groups excluding carboxylic acids is 1. The highest BCUT2D eigenvalue weighted by atomic mass is 35.5. The molecule has 0 spiro atoms. The van der Waals surface area contributed by atoms with Crippen LogP contribution in [0.2, 0.25) is 5.02 Å². The minimum Gasteiger partial charge on any atom is -0.338 e. The number of tetrazole rings is 1. The quantitative estimate of drug-likeness (QED) is 0.554. The summed E-state index contributed by atoms with van der Waals surface area (Å²) in [6.07, 6.45) is 1.86. The molecule has 31 heavy (non-hydrogen) atoms. The average Bonchev–Trinajstić information content (AvgIpc) is 3.33. The van der Waals surface area contributed by atoms with E-state index in [1.165, 1.54) is 27.4 Å². The first kappa shape index (κ1) is 21.4. The Hall–Kier alpha value is -2.82. The van der Waals surface area contributed by atoms with Gasteiger partial charge in [0.2, 0.25) is 15.9 Å². The van der Waals surface area contributed by atoms with E-state index in [4.69, 9.17) is 11.6 Å². The summed E-state index contributed by atoms with van der Waals surface area (Å²) < 4.78 is 28.6. The topological polar surface area (TPSA) is 101 Å². The summed E-state index contributed by atoms with van der Waals surface area (Å²) in [6, 6.07) is 15.1. The van der Waals surface area contributed by atoms with Crippen LogP contribution < -0.4 is 0 Å². The van der Waals surface area contributed by atoms with Crippen LogP contribution in [0.25, 0.3) is 0 Å². The Balaban J connectivity index is 1.46. The molecular formula is C20H21ClN6O3S. The predicted molar refractivity (Wildman–Crippen MR) is 114 cm³/mol. The summed E-state index contributed by atoms with van der Waals surface area (Å²) in [5.74, 6) is -0.139. The Kier molecular flexibility index (Phi) is 6.30. The molecule has 1 aliphatic rings. The lowest BCUT2D eigenvalue weighted by Crippen LogP contribution is -2.52. The maximum Gasteiger partial charge on any atom is 0.248 e. The highest BCUT2D eigenvalue weighted by molar-refractivity contribution is 7.89. The maximum atomic E-state index is 13.3. The smallest absolute Gasteiger partial charge is 0.248 e. The Morgan fingerprint density at radius 2 is 1.68 bits per heavy atom. The number of carbonyl (C=O) groups is 1. The normalized spacial score (nSPS) is 16.2. The third kappa shape index (κ3) is 4.76. The fraction of sp³-hybridized carbons (Fsp3) is 0.300. The van der Waals surface area contributed by atoms with Crippen molar-refractivity contribution in [3.05, 3.63) is 71.5 Å². The molecule has 11 heteroatoms. The van der Waals surface area contributed by atoms with Gasteiger partial charge in [0.25, 0.3) is 0 Å². The van der Waals surface area contributed by atoms with Crippen molar-refractivity contribution in [3.63, 3.8) is 0 Å². The molecule has 1 fully saturated rings. The lowest BCUT2D eigenvalue weighted by molar-refractivity contribution is -0.136. The van der Waals surface area contributed by atoms with Gasteiger partial charge in [-0.1, -0.05) is 41.9 Å². The zero-order chi connectivity index (χ0) is 21.8.